The van der Waals surface area contributed by atoms with Crippen LogP contribution in [0.5, 0.6) is 0 Å². The first-order valence-corrected chi connectivity index (χ1v) is 7.64. The van der Waals surface area contributed by atoms with E-state index in [0.717, 1.165) is 18.0 Å². The van der Waals surface area contributed by atoms with Crippen molar-refractivity contribution in [3.63, 3.8) is 0 Å². The fourth-order valence-corrected chi connectivity index (χ4v) is 3.34. The predicted octanol–water partition coefficient (Wildman–Crippen LogP) is 1.06. The Morgan fingerprint density at radius 1 is 1.37 bits per heavy atom. The van der Waals surface area contributed by atoms with E-state index in [1.165, 1.54) is 50.9 Å². The van der Waals surface area contributed by atoms with E-state index in [1.807, 2.05) is 0 Å². The molecule has 0 radical (unpaired) electrons. The molecule has 2 aliphatic heterocycles. The van der Waals surface area contributed by atoms with E-state index < -0.39 is 5.97 Å². The molecule has 0 saturated carbocycles. The number of likely N-dealkylation sites (tertiary alicyclic amines) is 1. The van der Waals surface area contributed by atoms with Gasteiger partial charge in [-0.15, -0.1) is 0 Å². The molecule has 0 unspecified atom stereocenters. The Bertz CT molecular complexity index is 378. The lowest BCUT2D eigenvalue weighted by atomic mass is 10.3. The molecule has 2 heterocycles. The summed E-state index contributed by atoms with van der Waals surface area (Å²) < 4.78 is 4.61. The normalized spacial score (nSPS) is 22.5. The van der Waals surface area contributed by atoms with Crippen LogP contribution in [0.1, 0.15) is 19.3 Å². The number of hydrogen-bond donors (Lipinski definition) is 0. The Morgan fingerprint density at radius 3 is 2.79 bits per heavy atom. The van der Waals surface area contributed by atoms with Gasteiger partial charge in [-0.25, -0.2) is 4.79 Å². The van der Waals surface area contributed by atoms with E-state index in [9.17, 15) is 9.59 Å². The van der Waals surface area contributed by atoms with Crippen molar-refractivity contribution in [2.45, 2.75) is 19.3 Å². The van der Waals surface area contributed by atoms with E-state index >= 15 is 0 Å². The summed E-state index contributed by atoms with van der Waals surface area (Å²) in [4.78, 5) is 27.2. The molecule has 19 heavy (non-hydrogen) atoms. The van der Waals surface area contributed by atoms with E-state index in [0.29, 0.717) is 12.3 Å². The second-order valence-corrected chi connectivity index (χ2v) is 5.74. The molecular formula is C13H20N2O3S. The molecule has 2 rings (SSSR count). The number of hydrogen-bond acceptors (Lipinski definition) is 5. The average Bonchev–Trinajstić information content (AvgIpc) is 3.02. The maximum absolute atomic E-state index is 11.8. The Labute approximate surface area is 117 Å². The van der Waals surface area contributed by atoms with Crippen molar-refractivity contribution >= 4 is 23.6 Å². The summed E-state index contributed by atoms with van der Waals surface area (Å²) in [6.07, 6.45) is 4.92. The van der Waals surface area contributed by atoms with Gasteiger partial charge >= 0.3 is 5.97 Å². The quantitative estimate of drug-likeness (QED) is 0.558. The molecule has 0 N–H and O–H groups in total. The van der Waals surface area contributed by atoms with E-state index in [-0.39, 0.29) is 5.91 Å². The third kappa shape index (κ3) is 3.98. The molecule has 0 aromatic rings. The smallest absolute Gasteiger partial charge is 0.333 e. The highest BCUT2D eigenvalue weighted by Gasteiger charge is 2.27. The summed E-state index contributed by atoms with van der Waals surface area (Å²) in [5, 5.41) is 0.721. The molecule has 2 aliphatic rings. The lowest BCUT2D eigenvalue weighted by molar-refractivity contribution is -0.134. The van der Waals surface area contributed by atoms with Crippen molar-refractivity contribution in [1.29, 1.82) is 0 Å². The van der Waals surface area contributed by atoms with Gasteiger partial charge in [-0.2, -0.15) is 0 Å². The molecule has 6 heteroatoms. The fraction of sp³-hybridized carbons (Fsp3) is 0.692. The summed E-state index contributed by atoms with van der Waals surface area (Å²) in [6, 6.07) is 0. The number of amides is 1. The van der Waals surface area contributed by atoms with Crippen molar-refractivity contribution in [3.8, 4) is 0 Å². The highest BCUT2D eigenvalue weighted by Crippen LogP contribution is 2.28. The number of carbonyl (C=O) groups excluding carboxylic acids is 2. The second-order valence-electron chi connectivity index (χ2n) is 4.74. The zero-order valence-corrected chi connectivity index (χ0v) is 12.1. The molecule has 1 amide bonds. The third-order valence-corrected chi connectivity index (χ3v) is 4.43. The highest BCUT2D eigenvalue weighted by molar-refractivity contribution is 8.04. The molecule has 0 atom stereocenters. The van der Waals surface area contributed by atoms with Crippen LogP contribution in [0.4, 0.5) is 0 Å². The number of carbonyl (C=O) groups is 2. The number of nitrogens with zero attached hydrogens (tertiary/aromatic N) is 2. The molecule has 0 aromatic heterocycles. The van der Waals surface area contributed by atoms with Crippen molar-refractivity contribution in [2.24, 2.45) is 0 Å². The molecule has 0 spiro atoms. The lowest BCUT2D eigenvalue weighted by Gasteiger charge is -2.19. The van der Waals surface area contributed by atoms with Gasteiger partial charge in [0.25, 0.3) is 0 Å². The van der Waals surface area contributed by atoms with Gasteiger partial charge in [0.15, 0.2) is 0 Å². The highest BCUT2D eigenvalue weighted by atomic mass is 32.2. The molecule has 0 bridgehead atoms. The standard InChI is InChI=1S/C13H20N2O3S/c1-18-13(17)9-12-15(11(16)10-19-12)8-4-7-14-5-2-3-6-14/h9H,2-8,10H2,1H3/b12-9-. The Kier molecular flexibility index (Phi) is 5.27. The molecular weight excluding hydrogens is 264 g/mol. The van der Waals surface area contributed by atoms with E-state index in [1.54, 1.807) is 4.90 Å². The van der Waals surface area contributed by atoms with Gasteiger partial charge in [-0.05, 0) is 38.9 Å². The van der Waals surface area contributed by atoms with Crippen molar-refractivity contribution < 1.29 is 14.3 Å². The van der Waals surface area contributed by atoms with Gasteiger partial charge in [0, 0.05) is 6.54 Å². The van der Waals surface area contributed by atoms with Gasteiger partial charge < -0.3 is 14.5 Å². The molecule has 106 valence electrons. The summed E-state index contributed by atoms with van der Waals surface area (Å²) in [7, 11) is 1.35. The zero-order valence-electron chi connectivity index (χ0n) is 11.3. The first-order chi connectivity index (χ1) is 9.20. The topological polar surface area (TPSA) is 49.9 Å². The first-order valence-electron chi connectivity index (χ1n) is 6.66. The minimum absolute atomic E-state index is 0.0848. The predicted molar refractivity (Wildman–Crippen MR) is 74.6 cm³/mol. The van der Waals surface area contributed by atoms with Crippen LogP contribution in [-0.2, 0) is 14.3 Å². The number of rotatable bonds is 5. The van der Waals surface area contributed by atoms with Crippen LogP contribution in [0.15, 0.2) is 11.1 Å². The Morgan fingerprint density at radius 2 is 2.11 bits per heavy atom. The van der Waals surface area contributed by atoms with Gasteiger partial charge in [0.1, 0.15) is 0 Å². The van der Waals surface area contributed by atoms with Crippen LogP contribution in [0.3, 0.4) is 0 Å². The third-order valence-electron chi connectivity index (χ3n) is 3.41. The van der Waals surface area contributed by atoms with Crippen molar-refractivity contribution in [1.82, 2.24) is 9.80 Å². The van der Waals surface area contributed by atoms with Crippen LogP contribution in [0.2, 0.25) is 0 Å². The molecule has 2 fully saturated rings. The van der Waals surface area contributed by atoms with Crippen molar-refractivity contribution in [3.05, 3.63) is 11.1 Å². The van der Waals surface area contributed by atoms with Crippen LogP contribution >= 0.6 is 11.8 Å². The first kappa shape index (κ1) is 14.4. The Hall–Kier alpha value is -1.01. The maximum atomic E-state index is 11.8. The van der Waals surface area contributed by atoms with E-state index in [2.05, 4.69) is 9.64 Å². The molecule has 5 nitrogen and oxygen atoms in total. The zero-order chi connectivity index (χ0) is 13.7. The summed E-state index contributed by atoms with van der Waals surface area (Å²) in [5.74, 6) is 0.107. The number of thioether (sulfide) groups is 1. The molecule has 0 aliphatic carbocycles. The fourth-order valence-electron chi connectivity index (χ4n) is 2.39. The second kappa shape index (κ2) is 6.96. The number of esters is 1. The van der Waals surface area contributed by atoms with Crippen LogP contribution in [0.25, 0.3) is 0 Å². The number of ether oxygens (including phenoxy) is 1. The Balaban J connectivity index is 1.83. The lowest BCUT2D eigenvalue weighted by Crippen LogP contribution is -2.29. The summed E-state index contributed by atoms with van der Waals surface area (Å²) in [5.41, 5.74) is 0. The van der Waals surface area contributed by atoms with Crippen LogP contribution in [-0.4, -0.2) is 60.7 Å². The minimum Gasteiger partial charge on any atom is -0.466 e. The monoisotopic (exact) mass is 284 g/mol. The molecule has 2 saturated heterocycles. The summed E-state index contributed by atoms with van der Waals surface area (Å²) in [6.45, 7) is 4.06. The maximum Gasteiger partial charge on any atom is 0.333 e. The summed E-state index contributed by atoms with van der Waals surface area (Å²) >= 11 is 1.41. The van der Waals surface area contributed by atoms with Crippen LogP contribution < -0.4 is 0 Å². The van der Waals surface area contributed by atoms with Gasteiger partial charge in [0.2, 0.25) is 5.91 Å². The molecule has 0 aromatic carbocycles. The largest absolute Gasteiger partial charge is 0.466 e. The van der Waals surface area contributed by atoms with Crippen LogP contribution in [0, 0.1) is 0 Å². The van der Waals surface area contributed by atoms with E-state index in [4.69, 9.17) is 0 Å². The number of methoxy groups -OCH3 is 1. The van der Waals surface area contributed by atoms with Crippen molar-refractivity contribution in [2.75, 3.05) is 39.0 Å². The average molecular weight is 284 g/mol. The van der Waals surface area contributed by atoms with Gasteiger partial charge in [-0.3, -0.25) is 4.79 Å². The minimum atomic E-state index is -0.401. The SMILES string of the molecule is COC(=O)/C=C1\SCC(=O)N1CCCN1CCCC1. The van der Waals surface area contributed by atoms with Gasteiger partial charge in [-0.1, -0.05) is 11.8 Å². The van der Waals surface area contributed by atoms with Gasteiger partial charge in [0.05, 0.1) is 24.0 Å².